The number of nitrogens with one attached hydrogen (secondary N) is 1. The van der Waals surface area contributed by atoms with E-state index in [-0.39, 0.29) is 6.04 Å². The highest BCUT2D eigenvalue weighted by Crippen LogP contribution is 2.26. The third-order valence-corrected chi connectivity index (χ3v) is 4.11. The molecule has 0 saturated heterocycles. The largest absolute Gasteiger partial charge is 0.356 e. The van der Waals surface area contributed by atoms with Gasteiger partial charge in [-0.3, -0.25) is 4.98 Å². The van der Waals surface area contributed by atoms with Crippen LogP contribution >= 0.6 is 11.6 Å². The van der Waals surface area contributed by atoms with Crippen molar-refractivity contribution in [3.05, 3.63) is 82.9 Å². The third-order valence-electron chi connectivity index (χ3n) is 3.88. The van der Waals surface area contributed by atoms with Crippen molar-refractivity contribution in [3.8, 4) is 0 Å². The fraction of sp³-hybridized carbons (Fsp3) is 0.111. The SMILES string of the molecule is Cc1nnc2ccc(NC(c3cccc(Cl)c3)c3ccccn3)nn12. The van der Waals surface area contributed by atoms with Crippen LogP contribution in [0.25, 0.3) is 5.65 Å². The maximum atomic E-state index is 6.18. The Morgan fingerprint density at radius 1 is 1.04 bits per heavy atom. The molecule has 124 valence electrons. The summed E-state index contributed by atoms with van der Waals surface area (Å²) in [6.07, 6.45) is 1.77. The lowest BCUT2D eigenvalue weighted by atomic mass is 10.0. The molecule has 6 nitrogen and oxygen atoms in total. The molecule has 0 aliphatic rings. The van der Waals surface area contributed by atoms with Crippen LogP contribution in [0.4, 0.5) is 5.82 Å². The van der Waals surface area contributed by atoms with Crippen LogP contribution in [-0.2, 0) is 0 Å². The summed E-state index contributed by atoms with van der Waals surface area (Å²) in [6, 6.07) is 17.1. The molecule has 1 atom stereocenters. The van der Waals surface area contributed by atoms with Crippen molar-refractivity contribution in [2.24, 2.45) is 0 Å². The summed E-state index contributed by atoms with van der Waals surface area (Å²) in [6.45, 7) is 1.87. The predicted octanol–water partition coefficient (Wildman–Crippen LogP) is 3.68. The minimum Gasteiger partial charge on any atom is -0.356 e. The second kappa shape index (κ2) is 6.49. The summed E-state index contributed by atoms with van der Waals surface area (Å²) in [4.78, 5) is 4.49. The second-order valence-corrected chi connectivity index (χ2v) is 6.06. The Balaban J connectivity index is 1.76. The van der Waals surface area contributed by atoms with E-state index in [1.54, 1.807) is 10.7 Å². The molecule has 0 radical (unpaired) electrons. The van der Waals surface area contributed by atoms with Crippen LogP contribution in [0.2, 0.25) is 5.02 Å². The normalized spacial score (nSPS) is 12.2. The van der Waals surface area contributed by atoms with Crippen molar-refractivity contribution >= 4 is 23.1 Å². The summed E-state index contributed by atoms with van der Waals surface area (Å²) in [5, 5.41) is 16.8. The number of pyridine rings is 1. The molecule has 1 N–H and O–H groups in total. The Kier molecular flexibility index (Phi) is 4.03. The van der Waals surface area contributed by atoms with E-state index in [2.05, 4.69) is 25.6 Å². The van der Waals surface area contributed by atoms with Gasteiger partial charge in [-0.25, -0.2) is 0 Å². The van der Waals surface area contributed by atoms with E-state index in [1.807, 2.05) is 61.5 Å². The molecule has 3 heterocycles. The average molecular weight is 351 g/mol. The molecule has 0 fully saturated rings. The quantitative estimate of drug-likeness (QED) is 0.608. The molecule has 0 aliphatic heterocycles. The van der Waals surface area contributed by atoms with Crippen LogP contribution in [-0.4, -0.2) is 24.8 Å². The monoisotopic (exact) mass is 350 g/mol. The number of benzene rings is 1. The zero-order valence-electron chi connectivity index (χ0n) is 13.5. The van der Waals surface area contributed by atoms with Gasteiger partial charge >= 0.3 is 0 Å². The molecular weight excluding hydrogens is 336 g/mol. The number of rotatable bonds is 4. The first kappa shape index (κ1) is 15.5. The summed E-state index contributed by atoms with van der Waals surface area (Å²) < 4.78 is 1.70. The number of hydrogen-bond donors (Lipinski definition) is 1. The third kappa shape index (κ3) is 3.16. The van der Waals surface area contributed by atoms with E-state index in [0.29, 0.717) is 16.5 Å². The Morgan fingerprint density at radius 3 is 2.76 bits per heavy atom. The predicted molar refractivity (Wildman–Crippen MR) is 96.7 cm³/mol. The number of nitrogens with zero attached hydrogens (tertiary/aromatic N) is 5. The lowest BCUT2D eigenvalue weighted by Crippen LogP contribution is -2.15. The number of aromatic nitrogens is 5. The molecule has 0 aliphatic carbocycles. The first-order valence-corrected chi connectivity index (χ1v) is 8.20. The van der Waals surface area contributed by atoms with Gasteiger partial charge in [0.2, 0.25) is 0 Å². The lowest BCUT2D eigenvalue weighted by Gasteiger charge is -2.19. The average Bonchev–Trinajstić information content (AvgIpc) is 3.01. The van der Waals surface area contributed by atoms with Gasteiger partial charge in [0.25, 0.3) is 0 Å². The van der Waals surface area contributed by atoms with Crippen molar-refractivity contribution in [3.63, 3.8) is 0 Å². The van der Waals surface area contributed by atoms with Gasteiger partial charge in [-0.15, -0.1) is 15.3 Å². The smallest absolute Gasteiger partial charge is 0.178 e. The molecule has 25 heavy (non-hydrogen) atoms. The molecule has 1 unspecified atom stereocenters. The summed E-state index contributed by atoms with van der Waals surface area (Å²) in [5.74, 6) is 1.43. The summed E-state index contributed by atoms with van der Waals surface area (Å²) in [5.41, 5.74) is 2.60. The van der Waals surface area contributed by atoms with Crippen molar-refractivity contribution in [1.82, 2.24) is 24.8 Å². The van der Waals surface area contributed by atoms with Crippen LogP contribution in [0, 0.1) is 6.92 Å². The van der Waals surface area contributed by atoms with Crippen molar-refractivity contribution in [1.29, 1.82) is 0 Å². The van der Waals surface area contributed by atoms with Crippen molar-refractivity contribution < 1.29 is 0 Å². The highest BCUT2D eigenvalue weighted by Gasteiger charge is 2.17. The zero-order chi connectivity index (χ0) is 17.2. The van der Waals surface area contributed by atoms with E-state index in [1.165, 1.54) is 0 Å². The van der Waals surface area contributed by atoms with E-state index >= 15 is 0 Å². The molecule has 0 spiro atoms. The topological polar surface area (TPSA) is 68.0 Å². The number of fused-ring (bicyclic) bond motifs is 1. The highest BCUT2D eigenvalue weighted by atomic mass is 35.5. The number of halogens is 1. The molecule has 0 bridgehead atoms. The van der Waals surface area contributed by atoms with Crippen LogP contribution in [0.1, 0.15) is 23.1 Å². The van der Waals surface area contributed by atoms with Gasteiger partial charge in [0.05, 0.1) is 11.7 Å². The minimum absolute atomic E-state index is 0.179. The summed E-state index contributed by atoms with van der Waals surface area (Å²) in [7, 11) is 0. The summed E-state index contributed by atoms with van der Waals surface area (Å²) >= 11 is 6.18. The lowest BCUT2D eigenvalue weighted by molar-refractivity contribution is 0.834. The van der Waals surface area contributed by atoms with Gasteiger partial charge in [-0.1, -0.05) is 29.8 Å². The van der Waals surface area contributed by atoms with Gasteiger partial charge in [0, 0.05) is 11.2 Å². The Hall–Kier alpha value is -2.99. The zero-order valence-corrected chi connectivity index (χ0v) is 14.2. The Labute approximate surface area is 149 Å². The molecule has 4 rings (SSSR count). The highest BCUT2D eigenvalue weighted by molar-refractivity contribution is 6.30. The van der Waals surface area contributed by atoms with E-state index in [9.17, 15) is 0 Å². The minimum atomic E-state index is -0.179. The molecule has 4 aromatic rings. The number of hydrogen-bond acceptors (Lipinski definition) is 5. The van der Waals surface area contributed by atoms with Gasteiger partial charge in [0.1, 0.15) is 5.82 Å². The van der Waals surface area contributed by atoms with Crippen LogP contribution < -0.4 is 5.32 Å². The van der Waals surface area contributed by atoms with Gasteiger partial charge in [-0.05, 0) is 48.9 Å². The molecular formula is C18H15ClN6. The maximum Gasteiger partial charge on any atom is 0.178 e. The van der Waals surface area contributed by atoms with Gasteiger partial charge in [0.15, 0.2) is 11.5 Å². The van der Waals surface area contributed by atoms with Crippen LogP contribution in [0.3, 0.4) is 0 Å². The Bertz CT molecular complexity index is 1010. The Morgan fingerprint density at radius 2 is 1.96 bits per heavy atom. The van der Waals surface area contributed by atoms with E-state index < -0.39 is 0 Å². The molecule has 0 amide bonds. The van der Waals surface area contributed by atoms with Gasteiger partial charge in [-0.2, -0.15) is 4.52 Å². The molecule has 1 aromatic carbocycles. The fourth-order valence-electron chi connectivity index (χ4n) is 2.68. The number of anilines is 1. The molecule has 7 heteroatoms. The van der Waals surface area contributed by atoms with Crippen LogP contribution in [0.15, 0.2) is 60.8 Å². The van der Waals surface area contributed by atoms with Crippen molar-refractivity contribution in [2.75, 3.05) is 5.32 Å². The number of aryl methyl sites for hydroxylation is 1. The van der Waals surface area contributed by atoms with E-state index in [4.69, 9.17) is 11.6 Å². The van der Waals surface area contributed by atoms with Crippen molar-refractivity contribution in [2.45, 2.75) is 13.0 Å². The van der Waals surface area contributed by atoms with Crippen LogP contribution in [0.5, 0.6) is 0 Å². The standard InChI is InChI=1S/C18H15ClN6/c1-12-22-23-17-9-8-16(24-25(12)17)21-18(15-7-2-3-10-20-15)13-5-4-6-14(19)11-13/h2-11,18H,1H3,(H,21,24). The second-order valence-electron chi connectivity index (χ2n) is 5.62. The maximum absolute atomic E-state index is 6.18. The first-order chi connectivity index (χ1) is 12.2. The van der Waals surface area contributed by atoms with Gasteiger partial charge < -0.3 is 5.32 Å². The first-order valence-electron chi connectivity index (χ1n) is 7.83. The van der Waals surface area contributed by atoms with E-state index in [0.717, 1.165) is 17.1 Å². The molecule has 3 aromatic heterocycles. The molecule has 0 saturated carbocycles. The fourth-order valence-corrected chi connectivity index (χ4v) is 2.88.